The Morgan fingerprint density at radius 2 is 2.10 bits per heavy atom. The van der Waals surface area contributed by atoms with Crippen molar-refractivity contribution in [1.29, 1.82) is 0 Å². The average molecular weight is 429 g/mol. The van der Waals surface area contributed by atoms with Crippen molar-refractivity contribution in [1.82, 2.24) is 0 Å². The lowest BCUT2D eigenvalue weighted by molar-refractivity contribution is -0.120. The molecule has 2 unspecified atom stereocenters. The largest absolute Gasteiger partial charge is 0.514 e. The van der Waals surface area contributed by atoms with Crippen LogP contribution >= 0.6 is 11.6 Å². The van der Waals surface area contributed by atoms with E-state index >= 15 is 0 Å². The highest BCUT2D eigenvalue weighted by Crippen LogP contribution is 2.30. The molecule has 3 rings (SSSR count). The van der Waals surface area contributed by atoms with E-state index in [1.165, 1.54) is 12.1 Å². The van der Waals surface area contributed by atoms with E-state index in [9.17, 15) is 9.59 Å². The Morgan fingerprint density at radius 1 is 1.33 bits per heavy atom. The smallest absolute Gasteiger partial charge is 0.430 e. The molecule has 2 aromatic carbocycles. The van der Waals surface area contributed by atoms with Crippen LogP contribution in [0.4, 0.5) is 10.5 Å². The molecule has 0 aliphatic carbocycles. The third-order valence-corrected chi connectivity index (χ3v) is 5.26. The van der Waals surface area contributed by atoms with Crippen LogP contribution < -0.4 is 15.4 Å². The molecule has 7 heteroatoms. The molecule has 0 saturated carbocycles. The number of amides is 1. The summed E-state index contributed by atoms with van der Waals surface area (Å²) in [5.74, 6) is 0.465. The van der Waals surface area contributed by atoms with Crippen LogP contribution in [0.25, 0.3) is 0 Å². The fourth-order valence-electron chi connectivity index (χ4n) is 3.54. The van der Waals surface area contributed by atoms with Crippen molar-refractivity contribution in [2.45, 2.75) is 25.8 Å². The van der Waals surface area contributed by atoms with Gasteiger partial charge >= 0.3 is 6.16 Å². The molecule has 0 bridgehead atoms. The molecule has 6 nitrogen and oxygen atoms in total. The lowest BCUT2D eigenvalue weighted by Crippen LogP contribution is -2.48. The van der Waals surface area contributed by atoms with Crippen molar-refractivity contribution >= 4 is 29.4 Å². The summed E-state index contributed by atoms with van der Waals surface area (Å²) in [6, 6.07) is 12.0. The monoisotopic (exact) mass is 428 g/mol. The van der Waals surface area contributed by atoms with Gasteiger partial charge in [-0.15, -0.1) is 0 Å². The highest BCUT2D eigenvalue weighted by Gasteiger charge is 2.29. The second-order valence-electron chi connectivity index (χ2n) is 7.40. The number of para-hydroxylation sites is 1. The van der Waals surface area contributed by atoms with E-state index < -0.39 is 12.2 Å². The normalized spacial score (nSPS) is 16.4. The first-order valence-corrected chi connectivity index (χ1v) is 10.2. The van der Waals surface area contributed by atoms with Crippen LogP contribution in [-0.2, 0) is 22.4 Å². The molecule has 0 spiro atoms. The summed E-state index contributed by atoms with van der Waals surface area (Å²) in [5, 5.41) is 0.361. The number of nitrogens with zero attached hydrogens (tertiary/aromatic N) is 1. The van der Waals surface area contributed by atoms with E-state index in [-0.39, 0.29) is 24.7 Å². The lowest BCUT2D eigenvalue weighted by Gasteiger charge is -2.34. The maximum atomic E-state index is 13.1. The maximum Gasteiger partial charge on any atom is 0.514 e. The third kappa shape index (κ3) is 5.20. The maximum absolute atomic E-state index is 13.1. The second kappa shape index (κ2) is 9.78. The van der Waals surface area contributed by atoms with Crippen molar-refractivity contribution in [2.75, 3.05) is 18.1 Å². The van der Waals surface area contributed by atoms with Gasteiger partial charge in [0, 0.05) is 17.3 Å². The summed E-state index contributed by atoms with van der Waals surface area (Å²) in [5.41, 5.74) is 9.03. The van der Waals surface area contributed by atoms with E-state index in [1.807, 2.05) is 24.3 Å². The summed E-state index contributed by atoms with van der Waals surface area (Å²) in [6.45, 7) is 6.27. The van der Waals surface area contributed by atoms with Crippen LogP contribution in [0.5, 0.6) is 5.75 Å². The number of hydrogen-bond donors (Lipinski definition) is 1. The number of nitrogens with two attached hydrogens (primary N) is 1. The molecule has 0 saturated heterocycles. The second-order valence-corrected chi connectivity index (χ2v) is 7.81. The zero-order valence-electron chi connectivity index (χ0n) is 16.8. The van der Waals surface area contributed by atoms with Gasteiger partial charge in [-0.25, -0.2) is 4.79 Å². The molecule has 0 fully saturated rings. The molecule has 2 N–H and O–H groups in total. The summed E-state index contributed by atoms with van der Waals surface area (Å²) in [6.07, 6.45) is 1.81. The van der Waals surface area contributed by atoms with Gasteiger partial charge in [-0.05, 0) is 48.1 Å². The Labute approximate surface area is 181 Å². The summed E-state index contributed by atoms with van der Waals surface area (Å²) in [4.78, 5) is 26.4. The number of ether oxygens (including phenoxy) is 2. The Bertz CT molecular complexity index is 947. The third-order valence-electron chi connectivity index (χ3n) is 4.91. The van der Waals surface area contributed by atoms with Gasteiger partial charge in [0.25, 0.3) is 0 Å². The molecule has 0 radical (unpaired) electrons. The first kappa shape index (κ1) is 21.9. The van der Waals surface area contributed by atoms with Gasteiger partial charge in [0.1, 0.15) is 12.4 Å². The van der Waals surface area contributed by atoms with Crippen LogP contribution in [-0.4, -0.2) is 31.3 Å². The van der Waals surface area contributed by atoms with E-state index in [0.29, 0.717) is 23.0 Å². The number of fused-ring (bicyclic) bond motifs is 1. The van der Waals surface area contributed by atoms with Gasteiger partial charge in [-0.3, -0.25) is 4.79 Å². The number of carbonyl (C=O) groups excluding carboxylic acids is 2. The van der Waals surface area contributed by atoms with Gasteiger partial charge in [0.05, 0.1) is 6.04 Å². The van der Waals surface area contributed by atoms with E-state index in [0.717, 1.165) is 17.7 Å². The van der Waals surface area contributed by atoms with Crippen molar-refractivity contribution in [3.63, 3.8) is 0 Å². The van der Waals surface area contributed by atoms with E-state index in [4.69, 9.17) is 26.8 Å². The Hall–Kier alpha value is -2.83. The van der Waals surface area contributed by atoms with E-state index in [1.54, 1.807) is 17.0 Å². The SMILES string of the molecule is C=CCOC(=O)Oc1ccc(CC(N)C(=O)N2CC(C)Cc3ccccc32)c(Cl)c1. The number of anilines is 1. The Morgan fingerprint density at radius 3 is 2.83 bits per heavy atom. The highest BCUT2D eigenvalue weighted by molar-refractivity contribution is 6.31. The molecule has 1 aliphatic rings. The topological polar surface area (TPSA) is 81.9 Å². The van der Waals surface area contributed by atoms with Crippen molar-refractivity contribution in [3.8, 4) is 5.75 Å². The molecule has 158 valence electrons. The fraction of sp³-hybridized carbons (Fsp3) is 0.304. The van der Waals surface area contributed by atoms with Gasteiger partial charge in [0.15, 0.2) is 0 Å². The minimum absolute atomic E-state index is 0.0554. The fourth-order valence-corrected chi connectivity index (χ4v) is 3.79. The van der Waals surface area contributed by atoms with Crippen LogP contribution in [0.2, 0.25) is 5.02 Å². The molecule has 30 heavy (non-hydrogen) atoms. The van der Waals surface area contributed by atoms with Crippen LogP contribution in [0.1, 0.15) is 18.1 Å². The molecule has 1 heterocycles. The van der Waals surface area contributed by atoms with E-state index in [2.05, 4.69) is 13.5 Å². The first-order chi connectivity index (χ1) is 14.4. The predicted octanol–water partition coefficient (Wildman–Crippen LogP) is 4.14. The molecular formula is C23H25ClN2O4. The van der Waals surface area contributed by atoms with Crippen LogP contribution in [0.15, 0.2) is 55.1 Å². The van der Waals surface area contributed by atoms with Crippen molar-refractivity contribution < 1.29 is 19.1 Å². The summed E-state index contributed by atoms with van der Waals surface area (Å²) in [7, 11) is 0. The van der Waals surface area contributed by atoms with Crippen LogP contribution in [0.3, 0.4) is 0 Å². The number of halogens is 1. The van der Waals surface area contributed by atoms with Crippen LogP contribution in [0, 0.1) is 5.92 Å². The molecule has 1 amide bonds. The molecule has 2 aromatic rings. The average Bonchev–Trinajstić information content (AvgIpc) is 2.72. The van der Waals surface area contributed by atoms with Gasteiger partial charge in [-0.1, -0.05) is 55.4 Å². The molecule has 1 aliphatic heterocycles. The highest BCUT2D eigenvalue weighted by atomic mass is 35.5. The summed E-state index contributed by atoms with van der Waals surface area (Å²) < 4.78 is 9.82. The number of benzene rings is 2. The Kier molecular flexibility index (Phi) is 7.13. The van der Waals surface area contributed by atoms with Crippen molar-refractivity contribution in [3.05, 3.63) is 71.3 Å². The minimum Gasteiger partial charge on any atom is -0.430 e. The molecular weight excluding hydrogens is 404 g/mol. The number of hydrogen-bond acceptors (Lipinski definition) is 5. The first-order valence-electron chi connectivity index (χ1n) is 9.77. The molecule has 2 atom stereocenters. The zero-order chi connectivity index (χ0) is 21.7. The minimum atomic E-state index is -0.844. The lowest BCUT2D eigenvalue weighted by atomic mass is 9.93. The predicted molar refractivity (Wildman–Crippen MR) is 117 cm³/mol. The molecule has 0 aromatic heterocycles. The van der Waals surface area contributed by atoms with Gasteiger partial charge in [-0.2, -0.15) is 0 Å². The van der Waals surface area contributed by atoms with Crippen molar-refractivity contribution in [2.24, 2.45) is 11.7 Å². The van der Waals surface area contributed by atoms with Gasteiger partial charge in [0.2, 0.25) is 5.91 Å². The zero-order valence-corrected chi connectivity index (χ0v) is 17.6. The Balaban J connectivity index is 1.68. The van der Waals surface area contributed by atoms with Gasteiger partial charge < -0.3 is 20.1 Å². The number of carbonyl (C=O) groups is 2. The standard InChI is InChI=1S/C23H25ClN2O4/c1-3-10-29-23(28)30-18-9-8-16(19(24)13-18)12-20(25)22(27)26-14-15(2)11-17-6-4-5-7-21(17)26/h3-9,13,15,20H,1,10-12,14,25H2,2H3. The number of rotatable bonds is 6. The quantitative estimate of drug-likeness (QED) is 0.425. The summed E-state index contributed by atoms with van der Waals surface area (Å²) >= 11 is 6.33.